The molecule has 0 spiro atoms. The van der Waals surface area contributed by atoms with E-state index >= 15 is 0 Å². The average molecular weight is 390 g/mol. The van der Waals surface area contributed by atoms with Crippen LogP contribution in [0.5, 0.6) is 0 Å². The van der Waals surface area contributed by atoms with Crippen LogP contribution in [0.15, 0.2) is 12.4 Å². The molecule has 0 bridgehead atoms. The molecule has 0 aromatic carbocycles. The molecule has 1 N–H and O–H groups in total. The average Bonchev–Trinajstić information content (AvgIpc) is 3.22. The summed E-state index contributed by atoms with van der Waals surface area (Å²) in [6.45, 7) is 15.8. The molecule has 1 fully saturated rings. The van der Waals surface area contributed by atoms with Gasteiger partial charge >= 0.3 is 0 Å². The zero-order chi connectivity index (χ0) is 19.4. The number of nitrogens with zero attached hydrogens (tertiary/aromatic N) is 6. The maximum atomic E-state index is 5.62. The summed E-state index contributed by atoms with van der Waals surface area (Å²) >= 11 is 5.62. The second-order valence-electron chi connectivity index (χ2n) is 7.11. The first-order chi connectivity index (χ1) is 13.0. The number of rotatable bonds is 6. The van der Waals surface area contributed by atoms with Crippen molar-refractivity contribution < 1.29 is 0 Å². The number of hydrogen-bond donors (Lipinski definition) is 1. The van der Waals surface area contributed by atoms with Crippen LogP contribution in [-0.2, 0) is 26.2 Å². The van der Waals surface area contributed by atoms with E-state index < -0.39 is 0 Å². The third kappa shape index (κ3) is 4.87. The van der Waals surface area contributed by atoms with Gasteiger partial charge in [-0.2, -0.15) is 10.2 Å². The van der Waals surface area contributed by atoms with Gasteiger partial charge in [0.1, 0.15) is 0 Å². The van der Waals surface area contributed by atoms with Crippen molar-refractivity contribution in [2.24, 2.45) is 0 Å². The second-order valence-corrected chi connectivity index (χ2v) is 7.50. The molecule has 27 heavy (non-hydrogen) atoms. The molecule has 1 aliphatic heterocycles. The van der Waals surface area contributed by atoms with Crippen molar-refractivity contribution in [2.45, 2.75) is 53.9 Å². The maximum Gasteiger partial charge on any atom is 0.169 e. The molecule has 0 amide bonds. The topological polar surface area (TPSA) is 54.2 Å². The molecule has 2 aromatic heterocycles. The minimum atomic E-state index is 0.736. The first-order valence-corrected chi connectivity index (χ1v) is 10.2. The first kappa shape index (κ1) is 19.8. The van der Waals surface area contributed by atoms with Gasteiger partial charge < -0.3 is 10.2 Å². The van der Waals surface area contributed by atoms with Crippen molar-refractivity contribution in [1.29, 1.82) is 0 Å². The molecular weight excluding hydrogens is 358 g/mol. The van der Waals surface area contributed by atoms with Gasteiger partial charge in [0.25, 0.3) is 0 Å². The first-order valence-electron chi connectivity index (χ1n) is 9.81. The van der Waals surface area contributed by atoms with Crippen LogP contribution in [0.1, 0.15) is 36.4 Å². The Kier molecular flexibility index (Phi) is 6.49. The quantitative estimate of drug-likeness (QED) is 0.762. The minimum Gasteiger partial charge on any atom is -0.358 e. The largest absolute Gasteiger partial charge is 0.358 e. The minimum absolute atomic E-state index is 0.736. The molecule has 0 saturated carbocycles. The van der Waals surface area contributed by atoms with Crippen LogP contribution < -0.4 is 5.32 Å². The summed E-state index contributed by atoms with van der Waals surface area (Å²) in [5.41, 5.74) is 4.75. The van der Waals surface area contributed by atoms with Crippen LogP contribution in [0.4, 0.5) is 0 Å². The predicted octanol–water partition coefficient (Wildman–Crippen LogP) is 1.93. The number of nitrogens with one attached hydrogen (secondary N) is 1. The predicted molar refractivity (Wildman–Crippen MR) is 112 cm³/mol. The summed E-state index contributed by atoms with van der Waals surface area (Å²) in [5.74, 6) is 0. The van der Waals surface area contributed by atoms with E-state index in [4.69, 9.17) is 12.2 Å². The van der Waals surface area contributed by atoms with Gasteiger partial charge in [-0.15, -0.1) is 0 Å². The summed E-state index contributed by atoms with van der Waals surface area (Å²) in [7, 11) is 0. The summed E-state index contributed by atoms with van der Waals surface area (Å²) in [6.07, 6.45) is 4.27. The smallest absolute Gasteiger partial charge is 0.169 e. The highest BCUT2D eigenvalue weighted by atomic mass is 32.1. The van der Waals surface area contributed by atoms with E-state index in [2.05, 4.69) is 58.5 Å². The van der Waals surface area contributed by atoms with Gasteiger partial charge in [-0.05, 0) is 39.9 Å². The highest BCUT2D eigenvalue weighted by molar-refractivity contribution is 7.80. The van der Waals surface area contributed by atoms with Crippen LogP contribution >= 0.6 is 12.2 Å². The lowest BCUT2D eigenvalue weighted by molar-refractivity contribution is 0.174. The molecule has 3 rings (SSSR count). The van der Waals surface area contributed by atoms with Crippen LogP contribution in [-0.4, -0.2) is 60.7 Å². The van der Waals surface area contributed by atoms with Crippen molar-refractivity contribution in [3.8, 4) is 0 Å². The molecule has 0 atom stereocenters. The maximum absolute atomic E-state index is 5.62. The SMILES string of the molecule is CCn1cc(CNC(=S)N2CCN(Cc3cn(CC)nc3C)CC2)c(C)n1. The fourth-order valence-electron chi connectivity index (χ4n) is 3.40. The van der Waals surface area contributed by atoms with Crippen LogP contribution in [0, 0.1) is 13.8 Å². The van der Waals surface area contributed by atoms with Gasteiger partial charge in [0.05, 0.1) is 11.4 Å². The van der Waals surface area contributed by atoms with Crippen LogP contribution in [0.2, 0.25) is 0 Å². The van der Waals surface area contributed by atoms with Crippen LogP contribution in [0.3, 0.4) is 0 Å². The lowest BCUT2D eigenvalue weighted by Gasteiger charge is -2.36. The number of hydrogen-bond acceptors (Lipinski definition) is 4. The Bertz CT molecular complexity index is 771. The molecule has 1 saturated heterocycles. The second kappa shape index (κ2) is 8.84. The molecule has 148 valence electrons. The van der Waals surface area contributed by atoms with Gasteiger partial charge in [-0.3, -0.25) is 14.3 Å². The third-order valence-electron chi connectivity index (χ3n) is 5.23. The van der Waals surface area contributed by atoms with Gasteiger partial charge in [-0.25, -0.2) is 0 Å². The van der Waals surface area contributed by atoms with Crippen molar-refractivity contribution in [3.63, 3.8) is 0 Å². The molecule has 1 aliphatic rings. The van der Waals surface area contributed by atoms with Gasteiger partial charge in [-0.1, -0.05) is 0 Å². The van der Waals surface area contributed by atoms with Gasteiger partial charge in [0, 0.05) is 75.9 Å². The number of aromatic nitrogens is 4. The number of piperazine rings is 1. The zero-order valence-corrected chi connectivity index (χ0v) is 17.7. The highest BCUT2D eigenvalue weighted by Gasteiger charge is 2.20. The monoisotopic (exact) mass is 389 g/mol. The Morgan fingerprint density at radius 1 is 0.963 bits per heavy atom. The van der Waals surface area contributed by atoms with Crippen LogP contribution in [0.25, 0.3) is 0 Å². The Labute approximate surface area is 167 Å². The lowest BCUT2D eigenvalue weighted by atomic mass is 10.2. The molecule has 0 unspecified atom stereocenters. The van der Waals surface area contributed by atoms with Crippen molar-refractivity contribution in [3.05, 3.63) is 34.9 Å². The van der Waals surface area contributed by atoms with E-state index in [0.717, 1.165) is 68.9 Å². The Balaban J connectivity index is 1.46. The Morgan fingerprint density at radius 3 is 2.07 bits per heavy atom. The molecule has 2 aromatic rings. The molecule has 0 aliphatic carbocycles. The van der Waals surface area contributed by atoms with E-state index in [1.165, 1.54) is 11.1 Å². The standard InChI is InChI=1S/C19H31N7S/c1-5-25-13-17(15(3)21-25)11-20-19(27)24-9-7-23(8-10-24)12-18-14-26(6-2)22-16(18)4/h13-14H,5-12H2,1-4H3,(H,20,27). The Hall–Kier alpha value is -1.93. The lowest BCUT2D eigenvalue weighted by Crippen LogP contribution is -2.51. The number of aryl methyl sites for hydroxylation is 4. The highest BCUT2D eigenvalue weighted by Crippen LogP contribution is 2.12. The molecule has 7 nitrogen and oxygen atoms in total. The van der Waals surface area contributed by atoms with Crippen molar-refractivity contribution in [1.82, 2.24) is 34.7 Å². The summed E-state index contributed by atoms with van der Waals surface area (Å²) in [5, 5.41) is 13.3. The molecule has 0 radical (unpaired) electrons. The van der Waals surface area contributed by atoms with E-state index in [1.54, 1.807) is 0 Å². The van der Waals surface area contributed by atoms with Gasteiger partial charge in [0.15, 0.2) is 5.11 Å². The van der Waals surface area contributed by atoms with E-state index in [0.29, 0.717) is 0 Å². The van der Waals surface area contributed by atoms with Crippen molar-refractivity contribution >= 4 is 17.3 Å². The third-order valence-corrected chi connectivity index (χ3v) is 5.63. The fraction of sp³-hybridized carbons (Fsp3) is 0.632. The summed E-state index contributed by atoms with van der Waals surface area (Å²) in [4.78, 5) is 4.76. The normalized spacial score (nSPS) is 15.3. The molecular formula is C19H31N7S. The van der Waals surface area contributed by atoms with E-state index in [-0.39, 0.29) is 0 Å². The zero-order valence-electron chi connectivity index (χ0n) is 16.9. The summed E-state index contributed by atoms with van der Waals surface area (Å²) in [6, 6.07) is 0. The van der Waals surface area contributed by atoms with E-state index in [9.17, 15) is 0 Å². The van der Waals surface area contributed by atoms with Gasteiger partial charge in [0.2, 0.25) is 0 Å². The van der Waals surface area contributed by atoms with E-state index in [1.807, 2.05) is 16.3 Å². The number of thiocarbonyl (C=S) groups is 1. The Morgan fingerprint density at radius 2 is 1.52 bits per heavy atom. The summed E-state index contributed by atoms with van der Waals surface area (Å²) < 4.78 is 3.99. The van der Waals surface area contributed by atoms with Crippen molar-refractivity contribution in [2.75, 3.05) is 26.2 Å². The molecule has 8 heteroatoms. The molecule has 3 heterocycles. The fourth-order valence-corrected chi connectivity index (χ4v) is 3.66.